The smallest absolute Gasteiger partial charge is 0.306 e. The third-order valence-electron chi connectivity index (χ3n) is 9.97. The molecule has 0 radical (unpaired) electrons. The van der Waals surface area contributed by atoms with Crippen LogP contribution in [0.25, 0.3) is 0 Å². The first-order valence-electron chi connectivity index (χ1n) is 11.5. The van der Waals surface area contributed by atoms with Crippen LogP contribution in [0.15, 0.2) is 11.6 Å². The van der Waals surface area contributed by atoms with E-state index in [9.17, 15) is 14.4 Å². The van der Waals surface area contributed by atoms with Crippen molar-refractivity contribution in [1.29, 1.82) is 0 Å². The number of esters is 1. The number of fused-ring (bicyclic) bond motifs is 4. The van der Waals surface area contributed by atoms with Crippen molar-refractivity contribution in [2.45, 2.75) is 94.7 Å². The molecule has 0 aromatic heterocycles. The average Bonchev–Trinajstić information content (AvgIpc) is 3.15. The van der Waals surface area contributed by atoms with E-state index >= 15 is 0 Å². The van der Waals surface area contributed by atoms with Crippen LogP contribution < -0.4 is 0 Å². The van der Waals surface area contributed by atoms with Crippen molar-refractivity contribution in [3.63, 3.8) is 0 Å². The first kappa shape index (κ1) is 19.5. The molecule has 2 aliphatic heterocycles. The molecule has 8 atom stereocenters. The van der Waals surface area contributed by atoms with Gasteiger partial charge in [0.25, 0.3) is 0 Å². The highest BCUT2D eigenvalue weighted by molar-refractivity contribution is 8.14. The van der Waals surface area contributed by atoms with Gasteiger partial charge in [-0.2, -0.15) is 0 Å². The molecule has 2 saturated heterocycles. The zero-order chi connectivity index (χ0) is 21.1. The van der Waals surface area contributed by atoms with Crippen LogP contribution in [0.1, 0.15) is 72.1 Å². The summed E-state index contributed by atoms with van der Waals surface area (Å²) in [7, 11) is 0. The van der Waals surface area contributed by atoms with E-state index in [0.717, 1.165) is 38.5 Å². The second-order valence-corrected chi connectivity index (χ2v) is 12.4. The quantitative estimate of drug-likeness (QED) is 0.463. The van der Waals surface area contributed by atoms with Gasteiger partial charge in [0, 0.05) is 41.8 Å². The van der Waals surface area contributed by atoms with Crippen molar-refractivity contribution in [3.8, 4) is 0 Å². The average molecular weight is 431 g/mol. The molecule has 6 rings (SSSR count). The summed E-state index contributed by atoms with van der Waals surface area (Å²) >= 11 is 1.44. The maximum atomic E-state index is 12.3. The third kappa shape index (κ3) is 2.13. The highest BCUT2D eigenvalue weighted by Crippen LogP contribution is 2.78. The Balaban J connectivity index is 1.47. The third-order valence-corrected chi connectivity index (χ3v) is 11.1. The Labute approximate surface area is 181 Å². The first-order valence-corrected chi connectivity index (χ1v) is 12.3. The molecule has 6 aliphatic rings. The normalized spacial score (nSPS) is 53.4. The molecule has 5 fully saturated rings. The van der Waals surface area contributed by atoms with E-state index in [1.165, 1.54) is 17.3 Å². The Hall–Kier alpha value is -1.14. The number of thioether (sulfide) groups is 1. The van der Waals surface area contributed by atoms with Gasteiger partial charge in [-0.15, -0.1) is 0 Å². The van der Waals surface area contributed by atoms with E-state index in [4.69, 9.17) is 9.47 Å². The molecule has 0 N–H and O–H groups in total. The van der Waals surface area contributed by atoms with Gasteiger partial charge < -0.3 is 9.47 Å². The molecular formula is C24H30O5S. The molecule has 2 heterocycles. The van der Waals surface area contributed by atoms with Crippen molar-refractivity contribution in [2.24, 2.45) is 22.7 Å². The lowest BCUT2D eigenvalue weighted by Crippen LogP contribution is -2.63. The SMILES string of the molecule is CC(=O)S[C@@H]1CC2=CC(=O)CCC2(C)[C@@]23O[C@@H]2CC2(C)C(CC[C@@]24CCC(=O)O4)C13. The molecule has 162 valence electrons. The molecule has 2 spiro atoms. The van der Waals surface area contributed by atoms with Crippen LogP contribution >= 0.6 is 11.8 Å². The van der Waals surface area contributed by atoms with Crippen LogP contribution in [-0.2, 0) is 23.9 Å². The zero-order valence-corrected chi connectivity index (χ0v) is 18.8. The van der Waals surface area contributed by atoms with Crippen molar-refractivity contribution in [1.82, 2.24) is 0 Å². The fraction of sp³-hybridized carbons (Fsp3) is 0.792. The van der Waals surface area contributed by atoms with Crippen LogP contribution in [-0.4, -0.2) is 39.4 Å². The molecule has 6 heteroatoms. The summed E-state index contributed by atoms with van der Waals surface area (Å²) in [5, 5.41) is 0.251. The van der Waals surface area contributed by atoms with Crippen LogP contribution in [0.4, 0.5) is 0 Å². The second kappa shape index (κ2) is 5.80. The summed E-state index contributed by atoms with van der Waals surface area (Å²) in [5.41, 5.74) is 0.320. The second-order valence-electron chi connectivity index (χ2n) is 11.0. The molecule has 30 heavy (non-hydrogen) atoms. The van der Waals surface area contributed by atoms with Crippen LogP contribution in [0, 0.1) is 22.7 Å². The fourth-order valence-electron chi connectivity index (χ4n) is 8.57. The van der Waals surface area contributed by atoms with Gasteiger partial charge in [-0.25, -0.2) is 0 Å². The summed E-state index contributed by atoms with van der Waals surface area (Å²) < 4.78 is 12.8. The summed E-state index contributed by atoms with van der Waals surface area (Å²) in [4.78, 5) is 36.6. The minimum absolute atomic E-state index is 0.0632. The van der Waals surface area contributed by atoms with E-state index in [-0.39, 0.29) is 56.2 Å². The molecule has 0 aromatic carbocycles. The van der Waals surface area contributed by atoms with Crippen molar-refractivity contribution in [2.75, 3.05) is 0 Å². The van der Waals surface area contributed by atoms with E-state index in [1.54, 1.807) is 6.92 Å². The Morgan fingerprint density at radius 1 is 1.17 bits per heavy atom. The summed E-state index contributed by atoms with van der Waals surface area (Å²) in [6.07, 6.45) is 8.38. The molecule has 0 aromatic rings. The predicted octanol–water partition coefficient (Wildman–Crippen LogP) is 3.98. The van der Waals surface area contributed by atoms with Crippen LogP contribution in [0.2, 0.25) is 0 Å². The number of carbonyl (C=O) groups excluding carboxylic acids is 3. The first-order chi connectivity index (χ1) is 14.2. The Kier molecular flexibility index (Phi) is 3.78. The number of hydrogen-bond acceptors (Lipinski definition) is 6. The standard InChI is InChI=1S/C24H30O5S/c1-13(25)30-17-11-14-10-15(26)4-7-21(14,2)24-18(28-24)12-22(3)16(20(17)24)5-8-23(22)9-6-19(27)29-23/h10,16-18,20H,4-9,11-12H2,1-3H3/t16?,17-,18-,20?,21?,22?,23-,24-/m1/s1. The van der Waals surface area contributed by atoms with Gasteiger partial charge in [-0.1, -0.05) is 31.2 Å². The number of carbonyl (C=O) groups is 3. The predicted molar refractivity (Wildman–Crippen MR) is 112 cm³/mol. The molecule has 0 amide bonds. The van der Waals surface area contributed by atoms with E-state index in [0.29, 0.717) is 18.8 Å². The largest absolute Gasteiger partial charge is 0.458 e. The minimum Gasteiger partial charge on any atom is -0.458 e. The van der Waals surface area contributed by atoms with Crippen LogP contribution in [0.3, 0.4) is 0 Å². The highest BCUT2D eigenvalue weighted by atomic mass is 32.2. The Bertz CT molecular complexity index is 911. The van der Waals surface area contributed by atoms with Gasteiger partial charge in [-0.05, 0) is 50.5 Å². The van der Waals surface area contributed by atoms with Gasteiger partial charge in [0.05, 0.1) is 6.10 Å². The highest BCUT2D eigenvalue weighted by Gasteiger charge is 2.83. The molecular weight excluding hydrogens is 400 g/mol. The van der Waals surface area contributed by atoms with Gasteiger partial charge in [-0.3, -0.25) is 14.4 Å². The number of ether oxygens (including phenoxy) is 2. The molecule has 4 unspecified atom stereocenters. The summed E-state index contributed by atoms with van der Waals surface area (Å²) in [6, 6.07) is 0. The topological polar surface area (TPSA) is 73.0 Å². The van der Waals surface area contributed by atoms with E-state index < -0.39 is 0 Å². The maximum Gasteiger partial charge on any atom is 0.306 e. The number of epoxide rings is 1. The lowest BCUT2D eigenvalue weighted by Gasteiger charge is -2.58. The number of rotatable bonds is 1. The van der Waals surface area contributed by atoms with Crippen LogP contribution in [0.5, 0.6) is 0 Å². The number of ketones is 1. The van der Waals surface area contributed by atoms with Gasteiger partial charge >= 0.3 is 5.97 Å². The molecule has 5 nitrogen and oxygen atoms in total. The summed E-state index contributed by atoms with van der Waals surface area (Å²) in [5.74, 6) is 0.769. The lowest BCUT2D eigenvalue weighted by molar-refractivity contribution is -0.164. The van der Waals surface area contributed by atoms with Crippen molar-refractivity contribution in [3.05, 3.63) is 11.6 Å². The Morgan fingerprint density at radius 3 is 2.67 bits per heavy atom. The molecule has 0 bridgehead atoms. The van der Waals surface area contributed by atoms with Gasteiger partial charge in [0.2, 0.25) is 0 Å². The summed E-state index contributed by atoms with van der Waals surface area (Å²) in [6.45, 7) is 6.27. The van der Waals surface area contributed by atoms with E-state index in [2.05, 4.69) is 13.8 Å². The number of hydrogen-bond donors (Lipinski definition) is 0. The lowest BCUT2D eigenvalue weighted by atomic mass is 9.46. The monoisotopic (exact) mass is 430 g/mol. The maximum absolute atomic E-state index is 12.3. The van der Waals surface area contributed by atoms with Crippen molar-refractivity contribution >= 4 is 28.6 Å². The zero-order valence-electron chi connectivity index (χ0n) is 18.0. The van der Waals surface area contributed by atoms with Crippen molar-refractivity contribution < 1.29 is 23.9 Å². The molecule has 3 saturated carbocycles. The Morgan fingerprint density at radius 2 is 1.97 bits per heavy atom. The minimum atomic E-state index is -0.363. The van der Waals surface area contributed by atoms with Gasteiger partial charge in [0.1, 0.15) is 11.2 Å². The van der Waals surface area contributed by atoms with E-state index in [1.807, 2.05) is 6.08 Å². The fourth-order valence-corrected chi connectivity index (χ4v) is 9.80. The molecule has 4 aliphatic carbocycles. The van der Waals surface area contributed by atoms with Gasteiger partial charge in [0.15, 0.2) is 10.9 Å².